The Labute approximate surface area is 84.4 Å². The van der Waals surface area contributed by atoms with Gasteiger partial charge in [-0.15, -0.1) is 6.58 Å². The molecule has 1 N–H and O–H groups in total. The molecule has 0 fully saturated rings. The van der Waals surface area contributed by atoms with E-state index in [2.05, 4.69) is 25.7 Å². The van der Waals surface area contributed by atoms with Crippen LogP contribution in [0.3, 0.4) is 0 Å². The smallest absolute Gasteiger partial charge is 0.0497 e. The van der Waals surface area contributed by atoms with Gasteiger partial charge in [-0.1, -0.05) is 23.7 Å². The Morgan fingerprint density at radius 2 is 2.15 bits per heavy atom. The number of hydrogen-bond donors (Lipinski definition) is 1. The lowest BCUT2D eigenvalue weighted by molar-refractivity contribution is 0.715. The molecule has 0 radical (unpaired) electrons. The predicted octanol–water partition coefficient (Wildman–Crippen LogP) is 3.72. The fraction of sp³-hybridized carbons (Fsp3) is 0.273. The van der Waals surface area contributed by atoms with Gasteiger partial charge < -0.3 is 5.32 Å². The van der Waals surface area contributed by atoms with E-state index in [1.165, 1.54) is 0 Å². The molecule has 0 amide bonds. The lowest BCUT2D eigenvalue weighted by atomic mass is 10.1. The molecule has 0 aliphatic carbocycles. The standard InChI is InChI=1S/C11H14ClN/c1-4-11(2,3)13-10-7-5-6-9(12)8-10/h4-8,13H,1H2,2-3H3. The molecule has 0 aliphatic rings. The van der Waals surface area contributed by atoms with Crippen molar-refractivity contribution >= 4 is 17.3 Å². The van der Waals surface area contributed by atoms with Gasteiger partial charge in [0.05, 0.1) is 0 Å². The number of halogens is 1. The van der Waals surface area contributed by atoms with Crippen LogP contribution in [0.5, 0.6) is 0 Å². The van der Waals surface area contributed by atoms with Crippen molar-refractivity contribution in [3.63, 3.8) is 0 Å². The van der Waals surface area contributed by atoms with Gasteiger partial charge >= 0.3 is 0 Å². The largest absolute Gasteiger partial charge is 0.377 e. The van der Waals surface area contributed by atoms with Gasteiger partial charge in [0.25, 0.3) is 0 Å². The molecule has 0 saturated carbocycles. The highest BCUT2D eigenvalue weighted by atomic mass is 35.5. The Morgan fingerprint density at radius 1 is 1.46 bits per heavy atom. The molecule has 70 valence electrons. The fourth-order valence-electron chi connectivity index (χ4n) is 0.989. The SMILES string of the molecule is C=CC(C)(C)Nc1cccc(Cl)c1. The van der Waals surface area contributed by atoms with Gasteiger partial charge in [-0.05, 0) is 32.0 Å². The molecular formula is C11H14ClN. The van der Waals surface area contributed by atoms with Crippen molar-refractivity contribution < 1.29 is 0 Å². The molecule has 0 unspecified atom stereocenters. The van der Waals surface area contributed by atoms with Gasteiger partial charge in [0.1, 0.15) is 0 Å². The Balaban J connectivity index is 2.80. The Kier molecular flexibility index (Phi) is 2.99. The van der Waals surface area contributed by atoms with Gasteiger partial charge in [-0.3, -0.25) is 0 Å². The molecule has 1 aromatic carbocycles. The first kappa shape index (κ1) is 10.1. The summed E-state index contributed by atoms with van der Waals surface area (Å²) in [6.45, 7) is 7.87. The van der Waals surface area contributed by atoms with Crippen LogP contribution >= 0.6 is 11.6 Å². The van der Waals surface area contributed by atoms with E-state index in [0.29, 0.717) is 0 Å². The van der Waals surface area contributed by atoms with E-state index in [4.69, 9.17) is 11.6 Å². The van der Waals surface area contributed by atoms with Crippen molar-refractivity contribution in [1.29, 1.82) is 0 Å². The zero-order valence-electron chi connectivity index (χ0n) is 7.97. The highest BCUT2D eigenvalue weighted by molar-refractivity contribution is 6.30. The van der Waals surface area contributed by atoms with Crippen LogP contribution in [0.15, 0.2) is 36.9 Å². The number of hydrogen-bond acceptors (Lipinski definition) is 1. The molecule has 0 heterocycles. The molecule has 13 heavy (non-hydrogen) atoms. The molecule has 0 bridgehead atoms. The first-order chi connectivity index (χ1) is 6.03. The maximum absolute atomic E-state index is 5.85. The molecule has 1 nitrogen and oxygen atoms in total. The molecule has 1 aromatic rings. The maximum atomic E-state index is 5.85. The summed E-state index contributed by atoms with van der Waals surface area (Å²) < 4.78 is 0. The summed E-state index contributed by atoms with van der Waals surface area (Å²) in [7, 11) is 0. The Bertz CT molecular complexity index is 305. The molecule has 1 rings (SSSR count). The van der Waals surface area contributed by atoms with Gasteiger partial charge in [0, 0.05) is 16.2 Å². The topological polar surface area (TPSA) is 12.0 Å². The second-order valence-electron chi connectivity index (χ2n) is 3.56. The molecule has 0 aromatic heterocycles. The average Bonchev–Trinajstić information content (AvgIpc) is 2.03. The third kappa shape index (κ3) is 3.11. The lowest BCUT2D eigenvalue weighted by Gasteiger charge is -2.23. The van der Waals surface area contributed by atoms with Crippen LogP contribution < -0.4 is 5.32 Å². The van der Waals surface area contributed by atoms with Crippen molar-refractivity contribution in [2.45, 2.75) is 19.4 Å². The molecule has 0 saturated heterocycles. The normalized spacial score (nSPS) is 11.0. The van der Waals surface area contributed by atoms with E-state index in [1.54, 1.807) is 0 Å². The summed E-state index contributed by atoms with van der Waals surface area (Å²) in [6.07, 6.45) is 1.87. The zero-order chi connectivity index (χ0) is 9.90. The molecule has 0 atom stereocenters. The minimum atomic E-state index is -0.106. The minimum Gasteiger partial charge on any atom is -0.377 e. The zero-order valence-corrected chi connectivity index (χ0v) is 8.73. The van der Waals surface area contributed by atoms with E-state index < -0.39 is 0 Å². The second kappa shape index (κ2) is 3.84. The fourth-order valence-corrected chi connectivity index (χ4v) is 1.18. The highest BCUT2D eigenvalue weighted by Gasteiger charge is 2.11. The van der Waals surface area contributed by atoms with E-state index in [1.807, 2.05) is 30.3 Å². The third-order valence-electron chi connectivity index (χ3n) is 1.80. The van der Waals surface area contributed by atoms with E-state index in [-0.39, 0.29) is 5.54 Å². The van der Waals surface area contributed by atoms with Crippen LogP contribution in [0, 0.1) is 0 Å². The van der Waals surface area contributed by atoms with Crippen LogP contribution in [0.25, 0.3) is 0 Å². The Hall–Kier alpha value is -0.950. The lowest BCUT2D eigenvalue weighted by Crippen LogP contribution is -2.27. The molecule has 2 heteroatoms. The van der Waals surface area contributed by atoms with Crippen molar-refractivity contribution in [3.8, 4) is 0 Å². The summed E-state index contributed by atoms with van der Waals surface area (Å²) >= 11 is 5.85. The van der Waals surface area contributed by atoms with Crippen molar-refractivity contribution in [1.82, 2.24) is 0 Å². The van der Waals surface area contributed by atoms with Gasteiger partial charge in [-0.2, -0.15) is 0 Å². The number of benzene rings is 1. The number of rotatable bonds is 3. The number of anilines is 1. The van der Waals surface area contributed by atoms with Crippen LogP contribution in [-0.4, -0.2) is 5.54 Å². The maximum Gasteiger partial charge on any atom is 0.0497 e. The quantitative estimate of drug-likeness (QED) is 0.725. The predicted molar refractivity (Wildman–Crippen MR) is 59.4 cm³/mol. The summed E-state index contributed by atoms with van der Waals surface area (Å²) in [6, 6.07) is 7.65. The van der Waals surface area contributed by atoms with Crippen molar-refractivity contribution in [3.05, 3.63) is 41.9 Å². The highest BCUT2D eigenvalue weighted by Crippen LogP contribution is 2.19. The minimum absolute atomic E-state index is 0.106. The van der Waals surface area contributed by atoms with E-state index in [0.717, 1.165) is 10.7 Å². The Morgan fingerprint density at radius 3 is 2.69 bits per heavy atom. The van der Waals surface area contributed by atoms with Crippen LogP contribution in [-0.2, 0) is 0 Å². The van der Waals surface area contributed by atoms with Crippen LogP contribution in [0.2, 0.25) is 5.02 Å². The summed E-state index contributed by atoms with van der Waals surface area (Å²) in [5.41, 5.74) is 0.905. The molecular weight excluding hydrogens is 182 g/mol. The van der Waals surface area contributed by atoms with Gasteiger partial charge in [0.2, 0.25) is 0 Å². The average molecular weight is 196 g/mol. The van der Waals surface area contributed by atoms with Gasteiger partial charge in [0.15, 0.2) is 0 Å². The third-order valence-corrected chi connectivity index (χ3v) is 2.04. The summed E-state index contributed by atoms with van der Waals surface area (Å²) in [5.74, 6) is 0. The van der Waals surface area contributed by atoms with Crippen LogP contribution in [0.4, 0.5) is 5.69 Å². The van der Waals surface area contributed by atoms with E-state index >= 15 is 0 Å². The summed E-state index contributed by atoms with van der Waals surface area (Å²) in [4.78, 5) is 0. The second-order valence-corrected chi connectivity index (χ2v) is 4.00. The monoisotopic (exact) mass is 195 g/mol. The van der Waals surface area contributed by atoms with Crippen molar-refractivity contribution in [2.75, 3.05) is 5.32 Å². The van der Waals surface area contributed by atoms with Gasteiger partial charge in [-0.25, -0.2) is 0 Å². The van der Waals surface area contributed by atoms with E-state index in [9.17, 15) is 0 Å². The first-order valence-electron chi connectivity index (χ1n) is 4.21. The summed E-state index contributed by atoms with van der Waals surface area (Å²) in [5, 5.41) is 4.05. The number of nitrogens with one attached hydrogen (secondary N) is 1. The van der Waals surface area contributed by atoms with Crippen LogP contribution in [0.1, 0.15) is 13.8 Å². The molecule has 0 aliphatic heterocycles. The first-order valence-corrected chi connectivity index (χ1v) is 4.59. The molecule has 0 spiro atoms. The van der Waals surface area contributed by atoms with Crippen molar-refractivity contribution in [2.24, 2.45) is 0 Å².